The largest absolute Gasteiger partial charge is 0.632 e. The Labute approximate surface area is 569 Å². The van der Waals surface area contributed by atoms with Gasteiger partial charge < -0.3 is 67.5 Å². The van der Waals surface area contributed by atoms with Gasteiger partial charge in [0, 0.05) is 159 Å². The number of hydrogen-bond donors (Lipinski definition) is 8. The summed E-state index contributed by atoms with van der Waals surface area (Å²) in [6.07, 6.45) is 11.8. The molecular weight excluding hydrogens is 1550 g/mol. The molecule has 1 unspecified atom stereocenters. The third-order valence-electron chi connectivity index (χ3n) is 7.72. The molecule has 1 aromatic carbocycles. The standard InChI is InChI=1S/C8H8N2O4.C7H14NO2.C6H13N2O2.C6H12O.3CHF3O3S.ClH.3HNO3.O2.Sc.3Y/c9-8(11)14-5-6-1-3-7(4-2-6)10(12)13;8-10-6-9-5-7-3-1-2-4-7;7-10-5-9-4-6-2-1-3-8-6;7-5-6-3-1-2-4-6;3*2-1(3,4)8(5,6)7;;3*2-1(3)4;1-2;;;;/h1-4H,5H2,(H2,9,11);7-8H,1-6H2;6-8H,1-5H2;6-7H,1-5H2;3*(H,5,6,7);1H;3*(H,2,3,4);;;;;/q;2*-1;;;;;;;;;;;;;/p-1. The van der Waals surface area contributed by atoms with Gasteiger partial charge in [0.25, 0.3) is 20.9 Å². The number of nitrogens with one attached hydrogen (secondary N) is 4. The van der Waals surface area contributed by atoms with Crippen LogP contribution in [0.25, 0.3) is 17.5 Å². The van der Waals surface area contributed by atoms with Crippen LogP contribution in [0.2, 0.25) is 0 Å². The predicted molar refractivity (Wildman–Crippen MR) is 245 cm³/mol. The van der Waals surface area contributed by atoms with Crippen LogP contribution in [0.3, 0.4) is 0 Å². The van der Waals surface area contributed by atoms with E-state index in [-0.39, 0.29) is 162 Å². The molecule has 1 heterocycles. The predicted octanol–water partition coefficient (Wildman–Crippen LogP) is 6.90. The molecular formula is C30H53ClF9N8O29S3ScY3-3. The number of nitro groups is 1. The van der Waals surface area contributed by atoms with Crippen molar-refractivity contribution in [1.82, 2.24) is 5.32 Å². The van der Waals surface area contributed by atoms with Crippen molar-refractivity contribution in [3.8, 4) is 0 Å². The Hall–Kier alpha value is -1.66. The summed E-state index contributed by atoms with van der Waals surface area (Å²) in [7, 11) is -17.5. The van der Waals surface area contributed by atoms with Gasteiger partial charge in [-0.15, -0.1) is 42.7 Å². The van der Waals surface area contributed by atoms with Crippen LogP contribution in [0.15, 0.2) is 24.3 Å². The molecule has 37 nitrogen and oxygen atoms in total. The summed E-state index contributed by atoms with van der Waals surface area (Å²) in [6.45, 7) is 3.11. The van der Waals surface area contributed by atoms with Crippen LogP contribution in [-0.2, 0) is 185 Å². The van der Waals surface area contributed by atoms with E-state index in [0.29, 0.717) is 30.7 Å². The molecule has 490 valence electrons. The van der Waals surface area contributed by atoms with Gasteiger partial charge in [0.1, 0.15) is 20.2 Å². The Morgan fingerprint density at radius 2 is 0.893 bits per heavy atom. The van der Waals surface area contributed by atoms with Crippen molar-refractivity contribution in [3.05, 3.63) is 97.7 Å². The maximum absolute atomic E-state index is 10.7. The topological polar surface area (TPSA) is 597 Å². The van der Waals surface area contributed by atoms with Crippen LogP contribution in [0.1, 0.15) is 69.8 Å². The third-order valence-corrected chi connectivity index (χ3v) is 9.48. The van der Waals surface area contributed by atoms with Gasteiger partial charge in [0.05, 0.1) is 18.1 Å². The molecule has 84 heavy (non-hydrogen) atoms. The Bertz CT molecular complexity index is 1980. The van der Waals surface area contributed by atoms with Crippen LogP contribution >= 0.6 is 12.4 Å². The quantitative estimate of drug-likeness (QED) is 0.0200. The first-order valence-electron chi connectivity index (χ1n) is 19.8. The number of nitro benzene ring substituents is 1. The Morgan fingerprint density at radius 3 is 1.11 bits per heavy atom. The minimum atomic E-state index is -5.84. The summed E-state index contributed by atoms with van der Waals surface area (Å²) in [6, 6.07) is 6.05. The van der Waals surface area contributed by atoms with Crippen molar-refractivity contribution in [2.24, 2.45) is 11.8 Å². The average Bonchev–Trinajstić information content (AvgIpc) is 4.12. The molecule has 2 saturated carbocycles. The van der Waals surface area contributed by atoms with Crippen molar-refractivity contribution in [3.63, 3.8) is 0 Å². The van der Waals surface area contributed by atoms with E-state index >= 15 is 0 Å². The maximum atomic E-state index is 10.7. The molecule has 3 fully saturated rings. The first-order valence-corrected chi connectivity index (χ1v) is 24.1. The Morgan fingerprint density at radius 1 is 0.607 bits per heavy atom. The van der Waals surface area contributed by atoms with Crippen molar-refractivity contribution in [1.29, 1.82) is 0 Å². The van der Waals surface area contributed by atoms with Crippen molar-refractivity contribution in [2.75, 3.05) is 40.0 Å². The van der Waals surface area contributed by atoms with E-state index in [4.69, 9.17) is 127 Å². The summed E-state index contributed by atoms with van der Waals surface area (Å²) in [5, 5.41) is 63.0. The van der Waals surface area contributed by atoms with Gasteiger partial charge in [-0.2, -0.15) is 64.8 Å². The maximum Gasteiger partial charge on any atom is 0.522 e. The first-order chi connectivity index (χ1) is 35.8. The number of amides is 1. The monoisotopic (exact) mass is 1600 g/mol. The number of halogens is 10. The second kappa shape index (κ2) is 62.9. The van der Waals surface area contributed by atoms with Gasteiger partial charge in [-0.3, -0.25) is 28.6 Å². The second-order valence-corrected chi connectivity index (χ2v) is 17.8. The molecule has 1 amide bonds. The fourth-order valence-electron chi connectivity index (χ4n) is 4.62. The molecule has 4 rings (SSSR count). The number of hydrogen-bond acceptors (Lipinski definition) is 24. The third kappa shape index (κ3) is 84.6. The van der Waals surface area contributed by atoms with E-state index in [2.05, 4.69) is 19.7 Å². The fourth-order valence-corrected chi connectivity index (χ4v) is 4.62. The van der Waals surface area contributed by atoms with Gasteiger partial charge in [-0.05, 0) is 74.6 Å². The molecule has 3 aliphatic rings. The zero-order valence-electron chi connectivity index (χ0n) is 42.3. The molecule has 0 bridgehead atoms. The molecule has 4 radical (unpaired) electrons. The molecule has 1 atom stereocenters. The first kappa shape index (κ1) is 110. The van der Waals surface area contributed by atoms with Crippen LogP contribution in [0.4, 0.5) is 50.0 Å². The van der Waals surface area contributed by atoms with E-state index in [1.165, 1.54) is 88.5 Å². The Balaban J connectivity index is -0.0000000693. The van der Waals surface area contributed by atoms with Crippen LogP contribution < -0.4 is 5.32 Å². The number of non-ortho nitro benzene ring substituents is 1. The smallest absolute Gasteiger partial charge is 0.522 e. The number of rotatable bonds is 12. The summed E-state index contributed by atoms with van der Waals surface area (Å²) in [4.78, 5) is 67.0. The van der Waals surface area contributed by atoms with Crippen molar-refractivity contribution >= 4 is 54.5 Å². The minimum Gasteiger partial charge on any atom is -0.632 e. The van der Waals surface area contributed by atoms with Crippen molar-refractivity contribution < 1.29 is 272 Å². The van der Waals surface area contributed by atoms with Gasteiger partial charge in [0.15, 0.2) is 0 Å². The van der Waals surface area contributed by atoms with E-state index < -0.39 is 73.2 Å². The van der Waals surface area contributed by atoms with Crippen LogP contribution in [-0.4, -0.2) is 148 Å². The fraction of sp³-hybridized carbons (Fsp3) is 0.767. The van der Waals surface area contributed by atoms with Gasteiger partial charge in [-0.1, -0.05) is 25.7 Å². The summed E-state index contributed by atoms with van der Waals surface area (Å²) >= 11 is 0. The van der Waals surface area contributed by atoms with Gasteiger partial charge in [-0.25, -0.2) is 0 Å². The number of aliphatic hydroxyl groups is 1. The molecule has 54 heteroatoms. The number of benzene rings is 1. The number of aliphatic hydroxyl groups excluding tert-OH is 1. The summed E-state index contributed by atoms with van der Waals surface area (Å²) in [5.41, 5.74) is -9.55. The normalized spacial score (nSPS) is 13.9. The number of nitrogens with zero attached hydrogens (tertiary/aromatic N) is 4. The van der Waals surface area contributed by atoms with E-state index in [9.17, 15) is 54.4 Å². The van der Waals surface area contributed by atoms with E-state index in [0.717, 1.165) is 19.1 Å². The minimum absolute atomic E-state index is 0. The van der Waals surface area contributed by atoms with Crippen LogP contribution in [0, 0.1) is 62.2 Å². The molecule has 0 aromatic heterocycles. The molecule has 1 saturated heterocycles. The molecule has 1 aromatic rings. The SMILES string of the molecule is Cl.O=O.O=S(=O)(O)C(F)(F)F.O=S(=O)(O)C(F)(F)F.O=S(=O)(O)C(F)(F)F.O=[N+]([O-])O.O=[N+]([O-])O.O=[N+]([O-])O.OCC1CCCC1.[NH-]C(=O)OCc1ccc([N+](=O)[O-])cc1.[NH-]OCOCC1CCCC1.[NH-]OCOCC1CCCN1.[Sc].[Y].[Y].[Y]. The molecule has 1 aliphatic heterocycles. The number of carbonyl (C=O) groups excluding carboxylic acids is 1. The van der Waals surface area contributed by atoms with Gasteiger partial charge >= 0.3 is 46.9 Å². The van der Waals surface area contributed by atoms with E-state index in [1.807, 2.05) is 0 Å². The molecule has 11 N–H and O–H groups in total. The number of ether oxygens (including phenoxy) is 3. The number of alkyl halides is 9. The Kier molecular flexibility index (Phi) is 82.5. The second-order valence-electron chi connectivity index (χ2n) is 13.5. The van der Waals surface area contributed by atoms with Crippen LogP contribution in [0.5, 0.6) is 0 Å². The van der Waals surface area contributed by atoms with E-state index in [1.54, 1.807) is 0 Å². The number of carbonyl (C=O) groups is 1. The molecule has 0 spiro atoms. The summed E-state index contributed by atoms with van der Waals surface area (Å²) in [5.74, 6) is 14.1. The zero-order valence-corrected chi connectivity index (χ0v) is 55.9. The average molecular weight is 1600 g/mol. The zero-order chi connectivity index (χ0) is 63.9. The molecule has 2 aliphatic carbocycles. The summed E-state index contributed by atoms with van der Waals surface area (Å²) < 4.78 is 187. The van der Waals surface area contributed by atoms with Crippen molar-refractivity contribution in [2.45, 2.75) is 93.4 Å². The van der Waals surface area contributed by atoms with Gasteiger partial charge in [0.2, 0.25) is 6.09 Å².